The molecule has 35 heavy (non-hydrogen) atoms. The number of nitrogens with zero attached hydrogens (tertiary/aromatic N) is 3. The maximum Gasteiger partial charge on any atom is 0.129 e. The Morgan fingerprint density at radius 3 is 2.66 bits per heavy atom. The van der Waals surface area contributed by atoms with E-state index in [0.29, 0.717) is 0 Å². The Labute approximate surface area is 213 Å². The first-order valence-electron chi connectivity index (χ1n) is 11.8. The number of rotatable bonds is 4. The molecule has 177 valence electrons. The summed E-state index contributed by atoms with van der Waals surface area (Å²) in [5.74, 6) is 0.699. The summed E-state index contributed by atoms with van der Waals surface area (Å²) in [4.78, 5) is 9.62. The molecular weight excluding hydrogens is 479 g/mol. The van der Waals surface area contributed by atoms with Crippen molar-refractivity contribution < 1.29 is 4.39 Å². The van der Waals surface area contributed by atoms with E-state index in [1.165, 1.54) is 17.7 Å². The van der Waals surface area contributed by atoms with Gasteiger partial charge in [0.05, 0.1) is 22.8 Å². The van der Waals surface area contributed by atoms with Crippen LogP contribution in [0.15, 0.2) is 66.7 Å². The number of H-pyrrole nitrogens is 1. The summed E-state index contributed by atoms with van der Waals surface area (Å²) in [6.45, 7) is 5.15. The molecular formula is C28H25ClFN4S. The van der Waals surface area contributed by atoms with Gasteiger partial charge >= 0.3 is 0 Å². The molecule has 0 saturated carbocycles. The molecule has 1 unspecified atom stereocenters. The van der Waals surface area contributed by atoms with Gasteiger partial charge in [-0.2, -0.15) is 0 Å². The number of hydrazine groups is 1. The first kappa shape index (κ1) is 22.7. The molecule has 0 amide bonds. The molecule has 2 aliphatic heterocycles. The van der Waals surface area contributed by atoms with Crippen LogP contribution in [-0.2, 0) is 5.54 Å². The van der Waals surface area contributed by atoms with Crippen LogP contribution in [-0.4, -0.2) is 26.5 Å². The minimum Gasteiger partial charge on any atom is -0.340 e. The van der Waals surface area contributed by atoms with Crippen LogP contribution in [0, 0.1) is 18.9 Å². The lowest BCUT2D eigenvalue weighted by molar-refractivity contribution is -0.0600. The molecule has 0 aliphatic carbocycles. The molecule has 1 aromatic heterocycles. The monoisotopic (exact) mass is 503 g/mol. The average molecular weight is 504 g/mol. The fourth-order valence-electron chi connectivity index (χ4n) is 5.08. The number of fused-ring (bicyclic) bond motifs is 1. The van der Waals surface area contributed by atoms with E-state index in [9.17, 15) is 4.39 Å². The maximum atomic E-state index is 13.6. The van der Waals surface area contributed by atoms with Gasteiger partial charge in [-0.3, -0.25) is 5.01 Å². The molecule has 0 spiro atoms. The predicted octanol–water partition coefficient (Wildman–Crippen LogP) is 7.44. The summed E-state index contributed by atoms with van der Waals surface area (Å²) in [5.41, 5.74) is 4.73. The fraction of sp³-hybridized carbons (Fsp3) is 0.250. The SMILES string of the molecule is Cc1c(Cl)ccc2[nH]c([C@]3(C)CCCN3N3[C]=C(c4ccc(F)cc4)SC3c3ccccc3)nc12. The van der Waals surface area contributed by atoms with Crippen molar-refractivity contribution in [2.24, 2.45) is 0 Å². The van der Waals surface area contributed by atoms with Gasteiger partial charge in [0.15, 0.2) is 0 Å². The molecule has 1 saturated heterocycles. The van der Waals surface area contributed by atoms with E-state index >= 15 is 0 Å². The number of aryl methyl sites for hydroxylation is 1. The topological polar surface area (TPSA) is 35.2 Å². The first-order valence-corrected chi connectivity index (χ1v) is 13.0. The number of imidazole rings is 1. The van der Waals surface area contributed by atoms with Crippen LogP contribution in [0.3, 0.4) is 0 Å². The van der Waals surface area contributed by atoms with Crippen molar-refractivity contribution >= 4 is 39.3 Å². The largest absolute Gasteiger partial charge is 0.340 e. The van der Waals surface area contributed by atoms with Crippen LogP contribution < -0.4 is 0 Å². The van der Waals surface area contributed by atoms with E-state index in [0.717, 1.165) is 57.3 Å². The Bertz CT molecular complexity index is 1420. The third kappa shape index (κ3) is 3.84. The number of aromatic nitrogens is 2. The molecule has 1 fully saturated rings. The van der Waals surface area contributed by atoms with Crippen LogP contribution in [0.1, 0.15) is 47.7 Å². The standard InChI is InChI=1S/C28H25ClFN4S/c1-18-22(29)13-14-23-25(18)32-27(31-23)28(2)15-6-16-34(28)33-17-24(19-9-11-21(30)12-10-19)35-26(33)20-7-4-3-5-8-20/h3-5,7-14,26H,6,15-16H2,1-2H3,(H,31,32)/t26?,28-/m0/s1. The van der Waals surface area contributed by atoms with Gasteiger partial charge in [-0.15, -0.1) is 0 Å². The minimum absolute atomic E-state index is 0.0224. The zero-order valence-electron chi connectivity index (χ0n) is 19.6. The number of halogens is 2. The molecule has 0 bridgehead atoms. The molecule has 3 heterocycles. The highest BCUT2D eigenvalue weighted by Gasteiger charge is 2.47. The smallest absolute Gasteiger partial charge is 0.129 e. The summed E-state index contributed by atoms with van der Waals surface area (Å²) in [7, 11) is 0. The minimum atomic E-state index is -0.337. The Balaban J connectivity index is 1.43. The van der Waals surface area contributed by atoms with Crippen LogP contribution >= 0.6 is 23.4 Å². The van der Waals surface area contributed by atoms with E-state index in [4.69, 9.17) is 16.6 Å². The van der Waals surface area contributed by atoms with Crippen molar-refractivity contribution in [3.8, 4) is 0 Å². The molecule has 6 rings (SSSR count). The van der Waals surface area contributed by atoms with Gasteiger partial charge in [0.2, 0.25) is 0 Å². The zero-order chi connectivity index (χ0) is 24.2. The average Bonchev–Trinajstić information content (AvgIpc) is 3.60. The highest BCUT2D eigenvalue weighted by molar-refractivity contribution is 8.08. The number of hydrogen-bond acceptors (Lipinski definition) is 4. The van der Waals surface area contributed by atoms with Gasteiger partial charge in [-0.25, -0.2) is 14.4 Å². The number of nitrogens with one attached hydrogen (secondary N) is 1. The Morgan fingerprint density at radius 2 is 1.89 bits per heavy atom. The summed E-state index contributed by atoms with van der Waals surface area (Å²) in [6, 6.07) is 21.1. The van der Waals surface area contributed by atoms with Gasteiger partial charge in [0.25, 0.3) is 0 Å². The molecule has 4 aromatic rings. The lowest BCUT2D eigenvalue weighted by atomic mass is 9.99. The van der Waals surface area contributed by atoms with E-state index in [1.54, 1.807) is 11.8 Å². The molecule has 3 aromatic carbocycles. The van der Waals surface area contributed by atoms with Gasteiger partial charge < -0.3 is 4.98 Å². The molecule has 4 nitrogen and oxygen atoms in total. The second kappa shape index (κ2) is 8.70. The van der Waals surface area contributed by atoms with Crippen molar-refractivity contribution in [3.05, 3.63) is 106 Å². The van der Waals surface area contributed by atoms with Crippen molar-refractivity contribution in [3.63, 3.8) is 0 Å². The Kier molecular flexibility index (Phi) is 5.63. The van der Waals surface area contributed by atoms with Crippen molar-refractivity contribution in [1.82, 2.24) is 20.0 Å². The first-order chi connectivity index (χ1) is 16.9. The number of aromatic amines is 1. The Hall–Kier alpha value is -2.80. The van der Waals surface area contributed by atoms with Crippen molar-refractivity contribution in [1.29, 1.82) is 0 Å². The summed E-state index contributed by atoms with van der Waals surface area (Å²) in [5, 5.41) is 5.38. The van der Waals surface area contributed by atoms with Crippen LogP contribution in [0.2, 0.25) is 5.02 Å². The quantitative estimate of drug-likeness (QED) is 0.314. The van der Waals surface area contributed by atoms with Gasteiger partial charge in [0, 0.05) is 16.5 Å². The molecule has 1 radical (unpaired) electrons. The molecule has 2 atom stereocenters. The number of thioether (sulfide) groups is 1. The third-order valence-corrected chi connectivity index (χ3v) is 8.74. The maximum absolute atomic E-state index is 13.6. The highest BCUT2D eigenvalue weighted by atomic mass is 35.5. The zero-order valence-corrected chi connectivity index (χ0v) is 21.1. The van der Waals surface area contributed by atoms with E-state index in [1.807, 2.05) is 37.3 Å². The van der Waals surface area contributed by atoms with Crippen LogP contribution in [0.5, 0.6) is 0 Å². The highest BCUT2D eigenvalue weighted by Crippen LogP contribution is 2.52. The number of hydrogen-bond donors (Lipinski definition) is 1. The lowest BCUT2D eigenvalue weighted by Gasteiger charge is -2.42. The van der Waals surface area contributed by atoms with E-state index in [2.05, 4.69) is 52.4 Å². The molecule has 7 heteroatoms. The molecule has 2 aliphatic rings. The second-order valence-electron chi connectivity index (χ2n) is 9.33. The molecule has 1 N–H and O–H groups in total. The summed E-state index contributed by atoms with van der Waals surface area (Å²) >= 11 is 8.13. The fourth-order valence-corrected chi connectivity index (χ4v) is 6.43. The van der Waals surface area contributed by atoms with Gasteiger partial charge in [-0.1, -0.05) is 65.8 Å². The number of benzene rings is 3. The lowest BCUT2D eigenvalue weighted by Crippen LogP contribution is -2.48. The summed E-state index contributed by atoms with van der Waals surface area (Å²) in [6.07, 6.45) is 5.66. The van der Waals surface area contributed by atoms with Crippen LogP contribution in [0.25, 0.3) is 15.9 Å². The van der Waals surface area contributed by atoms with Crippen molar-refractivity contribution in [2.75, 3.05) is 6.54 Å². The normalized spacial score (nSPS) is 22.8. The van der Waals surface area contributed by atoms with Gasteiger partial charge in [0.1, 0.15) is 17.0 Å². The van der Waals surface area contributed by atoms with Gasteiger partial charge in [-0.05, 0) is 67.6 Å². The van der Waals surface area contributed by atoms with E-state index in [-0.39, 0.29) is 16.7 Å². The van der Waals surface area contributed by atoms with E-state index < -0.39 is 0 Å². The summed E-state index contributed by atoms with van der Waals surface area (Å²) < 4.78 is 13.6. The van der Waals surface area contributed by atoms with Crippen molar-refractivity contribution in [2.45, 2.75) is 37.6 Å². The second-order valence-corrected chi connectivity index (χ2v) is 10.8. The Morgan fingerprint density at radius 1 is 1.11 bits per heavy atom. The van der Waals surface area contributed by atoms with Crippen LogP contribution in [0.4, 0.5) is 4.39 Å². The third-order valence-electron chi connectivity index (χ3n) is 7.07. The predicted molar refractivity (Wildman–Crippen MR) is 141 cm³/mol.